The quantitative estimate of drug-likeness (QED) is 0.836. The number of hydrogen-bond donors (Lipinski definition) is 1. The molecule has 4 fully saturated rings. The molecule has 1 aromatic rings. The summed E-state index contributed by atoms with van der Waals surface area (Å²) in [7, 11) is 0. The van der Waals surface area contributed by atoms with Crippen LogP contribution in [0.2, 0.25) is 0 Å². The normalized spacial score (nSPS) is 35.7. The van der Waals surface area contributed by atoms with Crippen LogP contribution in [-0.2, 0) is 15.0 Å². The number of hydrogen-bond acceptors (Lipinski definition) is 3. The molecule has 2 heterocycles. The van der Waals surface area contributed by atoms with Gasteiger partial charge in [-0.05, 0) is 55.7 Å². The molecule has 1 N–H and O–H groups in total. The Morgan fingerprint density at radius 2 is 2.00 bits per heavy atom. The molecule has 0 bridgehead atoms. The number of nitrogens with one attached hydrogen (secondary N) is 1. The van der Waals surface area contributed by atoms with Gasteiger partial charge in [0.25, 0.3) is 0 Å². The molecule has 29 heavy (non-hydrogen) atoms. The summed E-state index contributed by atoms with van der Waals surface area (Å²) in [6, 6.07) is 6.27. The highest BCUT2D eigenvalue weighted by molar-refractivity contribution is 5.84. The van der Waals surface area contributed by atoms with Gasteiger partial charge in [0.15, 0.2) is 0 Å². The van der Waals surface area contributed by atoms with Gasteiger partial charge in [0.1, 0.15) is 5.75 Å². The highest BCUT2D eigenvalue weighted by Gasteiger charge is 2.59. The van der Waals surface area contributed by atoms with E-state index in [0.717, 1.165) is 37.7 Å². The molecule has 5 nitrogen and oxygen atoms in total. The molecule has 2 amide bonds. The smallest absolute Gasteiger partial charge is 0.406 e. The van der Waals surface area contributed by atoms with E-state index >= 15 is 0 Å². The maximum absolute atomic E-state index is 12.9. The molecule has 1 unspecified atom stereocenters. The molecule has 2 saturated heterocycles. The first kappa shape index (κ1) is 18.8. The van der Waals surface area contributed by atoms with Gasteiger partial charge in [-0.3, -0.25) is 9.59 Å². The third kappa shape index (κ3) is 3.26. The van der Waals surface area contributed by atoms with E-state index in [4.69, 9.17) is 0 Å². The summed E-state index contributed by atoms with van der Waals surface area (Å²) in [5, 5.41) is 3.02. The van der Waals surface area contributed by atoms with E-state index in [1.807, 2.05) is 11.0 Å². The molecule has 2 saturated carbocycles. The van der Waals surface area contributed by atoms with Crippen LogP contribution in [0.15, 0.2) is 24.3 Å². The number of likely N-dealkylation sites (tertiary alicyclic amines) is 1. The van der Waals surface area contributed by atoms with E-state index in [9.17, 15) is 22.8 Å². The predicted molar refractivity (Wildman–Crippen MR) is 96.9 cm³/mol. The zero-order valence-electron chi connectivity index (χ0n) is 15.9. The highest BCUT2D eigenvalue weighted by Crippen LogP contribution is 2.60. The second-order valence-electron chi connectivity index (χ2n) is 9.10. The average molecular weight is 408 g/mol. The van der Waals surface area contributed by atoms with Crippen LogP contribution in [0.1, 0.15) is 44.1 Å². The lowest BCUT2D eigenvalue weighted by Gasteiger charge is -2.46. The molecule has 5 rings (SSSR count). The van der Waals surface area contributed by atoms with Crippen molar-refractivity contribution in [2.75, 3.05) is 13.1 Å². The first-order valence-corrected chi connectivity index (χ1v) is 10.1. The lowest BCUT2D eigenvalue weighted by Crippen LogP contribution is -2.57. The number of ether oxygens (including phenoxy) is 1. The van der Waals surface area contributed by atoms with Gasteiger partial charge in [-0.25, -0.2) is 0 Å². The van der Waals surface area contributed by atoms with Crippen LogP contribution >= 0.6 is 0 Å². The van der Waals surface area contributed by atoms with Crippen LogP contribution in [0.4, 0.5) is 13.2 Å². The SMILES string of the molecule is O=C1CCC2(CC(C(=O)N3CC[C@]4(c5cccc(OC(F)(F)F)c5)CC4C3)C2)N1. The van der Waals surface area contributed by atoms with Gasteiger partial charge in [0.05, 0.1) is 0 Å². The van der Waals surface area contributed by atoms with Crippen molar-refractivity contribution < 1.29 is 27.5 Å². The molecular weight excluding hydrogens is 385 g/mol. The maximum atomic E-state index is 12.9. The molecule has 156 valence electrons. The lowest BCUT2D eigenvalue weighted by atomic mass is 9.67. The number of piperidine rings is 1. The maximum Gasteiger partial charge on any atom is 0.573 e. The number of benzene rings is 1. The van der Waals surface area contributed by atoms with E-state index < -0.39 is 6.36 Å². The zero-order valence-corrected chi connectivity index (χ0v) is 15.9. The van der Waals surface area contributed by atoms with Crippen molar-refractivity contribution >= 4 is 11.8 Å². The fourth-order valence-electron chi connectivity index (χ4n) is 5.72. The number of alkyl halides is 3. The number of halogens is 3. The number of carbonyl (C=O) groups is 2. The molecule has 1 spiro atoms. The van der Waals surface area contributed by atoms with E-state index in [2.05, 4.69) is 10.1 Å². The average Bonchev–Trinajstić information content (AvgIpc) is 3.24. The summed E-state index contributed by atoms with van der Waals surface area (Å²) in [5.74, 6) is 0.302. The molecule has 0 aromatic heterocycles. The van der Waals surface area contributed by atoms with Crippen LogP contribution in [0.25, 0.3) is 0 Å². The van der Waals surface area contributed by atoms with Crippen molar-refractivity contribution in [2.24, 2.45) is 11.8 Å². The van der Waals surface area contributed by atoms with Crippen molar-refractivity contribution in [1.82, 2.24) is 10.2 Å². The molecule has 8 heteroatoms. The van der Waals surface area contributed by atoms with Crippen molar-refractivity contribution in [2.45, 2.75) is 55.8 Å². The van der Waals surface area contributed by atoms with Crippen molar-refractivity contribution in [3.05, 3.63) is 29.8 Å². The van der Waals surface area contributed by atoms with Gasteiger partial charge in [-0.2, -0.15) is 0 Å². The Labute approximate surface area is 166 Å². The number of fused-ring (bicyclic) bond motifs is 1. The second-order valence-corrected chi connectivity index (χ2v) is 9.10. The number of rotatable bonds is 3. The van der Waals surface area contributed by atoms with Crippen molar-refractivity contribution in [1.29, 1.82) is 0 Å². The monoisotopic (exact) mass is 408 g/mol. The number of carbonyl (C=O) groups excluding carboxylic acids is 2. The van der Waals surface area contributed by atoms with Crippen molar-refractivity contribution in [3.8, 4) is 5.75 Å². The van der Waals surface area contributed by atoms with E-state index in [1.54, 1.807) is 6.07 Å². The van der Waals surface area contributed by atoms with Gasteiger partial charge < -0.3 is 15.0 Å². The summed E-state index contributed by atoms with van der Waals surface area (Å²) < 4.78 is 41.6. The van der Waals surface area contributed by atoms with Crippen molar-refractivity contribution in [3.63, 3.8) is 0 Å². The molecular formula is C21H23F3N2O3. The van der Waals surface area contributed by atoms with Crippen LogP contribution in [0, 0.1) is 11.8 Å². The Hall–Kier alpha value is -2.25. The number of amides is 2. The molecule has 2 aliphatic heterocycles. The Balaban J connectivity index is 1.21. The molecule has 1 aromatic carbocycles. The standard InChI is InChI=1S/C21H23F3N2O3/c22-21(23,24)29-16-3-1-2-14(8-16)20-6-7-26(12-15(20)11-20)18(28)13-9-19(10-13)5-4-17(27)25-19/h1-3,8,13,15H,4-7,9-12H2,(H,25,27)/t13?,15?,19?,20-/m1/s1. The fraction of sp³-hybridized carbons (Fsp3) is 0.619. The van der Waals surface area contributed by atoms with Gasteiger partial charge in [-0.1, -0.05) is 12.1 Å². The van der Waals surface area contributed by atoms with Gasteiger partial charge >= 0.3 is 6.36 Å². The molecule has 4 aliphatic rings. The minimum absolute atomic E-state index is 0.0248. The summed E-state index contributed by atoms with van der Waals surface area (Å²) >= 11 is 0. The molecule has 2 atom stereocenters. The lowest BCUT2D eigenvalue weighted by molar-refractivity contribution is -0.274. The topological polar surface area (TPSA) is 58.6 Å². The van der Waals surface area contributed by atoms with Gasteiger partial charge in [-0.15, -0.1) is 13.2 Å². The third-order valence-electron chi connectivity index (χ3n) is 7.31. The van der Waals surface area contributed by atoms with Crippen LogP contribution in [-0.4, -0.2) is 41.7 Å². The summed E-state index contributed by atoms with van der Waals surface area (Å²) in [5.41, 5.74) is 0.574. The van der Waals surface area contributed by atoms with E-state index in [-0.39, 0.29) is 40.4 Å². The Bertz CT molecular complexity index is 865. The summed E-state index contributed by atoms with van der Waals surface area (Å²) in [6.45, 7) is 1.27. The summed E-state index contributed by atoms with van der Waals surface area (Å²) in [6.07, 6.45) is -0.246. The first-order chi connectivity index (χ1) is 13.7. The van der Waals surface area contributed by atoms with Gasteiger partial charge in [0.2, 0.25) is 11.8 Å². The largest absolute Gasteiger partial charge is 0.573 e. The second kappa shape index (κ2) is 6.12. The fourth-order valence-corrected chi connectivity index (χ4v) is 5.72. The first-order valence-electron chi connectivity index (χ1n) is 10.1. The highest BCUT2D eigenvalue weighted by atomic mass is 19.4. The van der Waals surface area contributed by atoms with Gasteiger partial charge in [0, 0.05) is 36.4 Å². The molecule has 2 aliphatic carbocycles. The Morgan fingerprint density at radius 1 is 1.21 bits per heavy atom. The van der Waals surface area contributed by atoms with Crippen LogP contribution in [0.3, 0.4) is 0 Å². The predicted octanol–water partition coefficient (Wildman–Crippen LogP) is 3.13. The minimum atomic E-state index is -4.70. The minimum Gasteiger partial charge on any atom is -0.406 e. The van der Waals surface area contributed by atoms with Crippen LogP contribution in [0.5, 0.6) is 5.75 Å². The number of nitrogens with zero attached hydrogens (tertiary/aromatic N) is 1. The molecule has 0 radical (unpaired) electrons. The third-order valence-corrected chi connectivity index (χ3v) is 7.31. The van der Waals surface area contributed by atoms with E-state index in [1.165, 1.54) is 12.1 Å². The summed E-state index contributed by atoms with van der Waals surface area (Å²) in [4.78, 5) is 26.3. The van der Waals surface area contributed by atoms with Crippen LogP contribution < -0.4 is 10.1 Å². The van der Waals surface area contributed by atoms with E-state index in [0.29, 0.717) is 19.5 Å². The Kier molecular flexibility index (Phi) is 3.96. The Morgan fingerprint density at radius 3 is 2.66 bits per heavy atom. The zero-order chi connectivity index (χ0) is 20.4.